The fourth-order valence-electron chi connectivity index (χ4n) is 4.20. The van der Waals surface area contributed by atoms with E-state index < -0.39 is 5.92 Å². The molecule has 0 amide bonds. The van der Waals surface area contributed by atoms with Crippen LogP contribution in [-0.4, -0.2) is 39.7 Å². The second-order valence-corrected chi connectivity index (χ2v) is 8.06. The van der Waals surface area contributed by atoms with Crippen LogP contribution < -0.4 is 0 Å². The summed E-state index contributed by atoms with van der Waals surface area (Å²) in [5.41, 5.74) is 1.17. The Hall–Kier alpha value is -1.01. The van der Waals surface area contributed by atoms with Gasteiger partial charge in [0.15, 0.2) is 0 Å². The monoisotopic (exact) mass is 397 g/mol. The molecule has 1 saturated carbocycles. The van der Waals surface area contributed by atoms with Crippen LogP contribution in [0.5, 0.6) is 0 Å². The zero-order chi connectivity index (χ0) is 16.7. The summed E-state index contributed by atoms with van der Waals surface area (Å²) in [6, 6.07) is 7.01. The highest BCUT2D eigenvalue weighted by Crippen LogP contribution is 2.37. The van der Waals surface area contributed by atoms with E-state index in [2.05, 4.69) is 48.8 Å². The van der Waals surface area contributed by atoms with Crippen LogP contribution in [0.1, 0.15) is 44.6 Å². The van der Waals surface area contributed by atoms with Crippen molar-refractivity contribution < 1.29 is 8.78 Å². The molecule has 4 rings (SSSR count). The smallest absolute Gasteiger partial charge is 0.248 e. The standard InChI is InChI=1S/C18H22BrF2N3/c19-14-1-2-17-13(11-14)12-22-24(17)16-5-9-23(10-6-16)15-3-7-18(20,21)8-4-15/h1-2,11-12,15-16H,3-10H2. The van der Waals surface area contributed by atoms with E-state index in [0.29, 0.717) is 24.9 Å². The number of likely N-dealkylation sites (tertiary alicyclic amines) is 1. The number of alkyl halides is 2. The predicted molar refractivity (Wildman–Crippen MR) is 94.5 cm³/mol. The Morgan fingerprint density at radius 3 is 2.46 bits per heavy atom. The lowest BCUT2D eigenvalue weighted by Crippen LogP contribution is -2.45. The molecule has 0 spiro atoms. The molecule has 2 aliphatic rings. The normalized spacial score (nSPS) is 23.8. The SMILES string of the molecule is FC1(F)CCC(N2CCC(n3ncc4cc(Br)ccc43)CC2)CC1. The Bertz CT molecular complexity index is 712. The van der Waals surface area contributed by atoms with Gasteiger partial charge >= 0.3 is 0 Å². The van der Waals surface area contributed by atoms with Gasteiger partial charge in [-0.2, -0.15) is 5.10 Å². The lowest BCUT2D eigenvalue weighted by atomic mass is 9.89. The van der Waals surface area contributed by atoms with Crippen molar-refractivity contribution in [3.8, 4) is 0 Å². The maximum absolute atomic E-state index is 13.3. The Labute approximate surface area is 149 Å². The van der Waals surface area contributed by atoms with E-state index in [4.69, 9.17) is 0 Å². The van der Waals surface area contributed by atoms with Crippen LogP contribution in [-0.2, 0) is 0 Å². The van der Waals surface area contributed by atoms with E-state index in [1.54, 1.807) is 0 Å². The molecule has 3 nitrogen and oxygen atoms in total. The fourth-order valence-corrected chi connectivity index (χ4v) is 4.58. The van der Waals surface area contributed by atoms with Crippen LogP contribution in [0, 0.1) is 0 Å². The average molecular weight is 398 g/mol. The van der Waals surface area contributed by atoms with Gasteiger partial charge in [-0.3, -0.25) is 4.68 Å². The number of halogens is 3. The number of aromatic nitrogens is 2. The van der Waals surface area contributed by atoms with Gasteiger partial charge in [-0.25, -0.2) is 8.78 Å². The van der Waals surface area contributed by atoms with E-state index in [1.165, 1.54) is 5.52 Å². The molecular weight excluding hydrogens is 376 g/mol. The van der Waals surface area contributed by atoms with Crippen molar-refractivity contribution in [1.82, 2.24) is 14.7 Å². The van der Waals surface area contributed by atoms with Crippen molar-refractivity contribution in [3.05, 3.63) is 28.9 Å². The van der Waals surface area contributed by atoms with Gasteiger partial charge in [0, 0.05) is 41.8 Å². The van der Waals surface area contributed by atoms with Crippen molar-refractivity contribution in [3.63, 3.8) is 0 Å². The molecule has 24 heavy (non-hydrogen) atoms. The minimum Gasteiger partial charge on any atom is -0.300 e. The molecular formula is C18H22BrF2N3. The largest absolute Gasteiger partial charge is 0.300 e. The molecule has 2 heterocycles. The third-order valence-electron chi connectivity index (χ3n) is 5.61. The molecule has 1 aromatic heterocycles. The molecule has 0 radical (unpaired) electrons. The zero-order valence-electron chi connectivity index (χ0n) is 13.6. The highest BCUT2D eigenvalue weighted by molar-refractivity contribution is 9.10. The van der Waals surface area contributed by atoms with E-state index in [-0.39, 0.29) is 12.8 Å². The molecule has 6 heteroatoms. The molecule has 1 aliphatic carbocycles. The Morgan fingerprint density at radius 2 is 1.75 bits per heavy atom. The number of piperidine rings is 1. The van der Waals surface area contributed by atoms with Gasteiger partial charge in [0.1, 0.15) is 0 Å². The quantitative estimate of drug-likeness (QED) is 0.709. The van der Waals surface area contributed by atoms with Crippen LogP contribution in [0.4, 0.5) is 8.78 Å². The summed E-state index contributed by atoms with van der Waals surface area (Å²) in [7, 11) is 0. The van der Waals surface area contributed by atoms with E-state index in [0.717, 1.165) is 35.8 Å². The summed E-state index contributed by atoms with van der Waals surface area (Å²) in [5, 5.41) is 5.75. The highest BCUT2D eigenvalue weighted by Gasteiger charge is 2.37. The maximum atomic E-state index is 13.3. The molecule has 130 valence electrons. The topological polar surface area (TPSA) is 21.1 Å². The molecule has 1 saturated heterocycles. The lowest BCUT2D eigenvalue weighted by molar-refractivity contribution is -0.0566. The van der Waals surface area contributed by atoms with Crippen LogP contribution in [0.3, 0.4) is 0 Å². The van der Waals surface area contributed by atoms with Crippen LogP contribution >= 0.6 is 15.9 Å². The molecule has 2 aromatic rings. The molecule has 2 fully saturated rings. The first-order valence-electron chi connectivity index (χ1n) is 8.76. The summed E-state index contributed by atoms with van der Waals surface area (Å²) in [5.74, 6) is -2.43. The first-order chi connectivity index (χ1) is 11.5. The Kier molecular flexibility index (Phi) is 4.37. The van der Waals surface area contributed by atoms with Crippen molar-refractivity contribution in [2.75, 3.05) is 13.1 Å². The van der Waals surface area contributed by atoms with E-state index in [9.17, 15) is 8.78 Å². The van der Waals surface area contributed by atoms with Gasteiger partial charge in [0.05, 0.1) is 17.8 Å². The second-order valence-electron chi connectivity index (χ2n) is 7.15. The number of benzene rings is 1. The minimum absolute atomic E-state index is 0.0519. The summed E-state index contributed by atoms with van der Waals surface area (Å²) in [4.78, 5) is 2.42. The fraction of sp³-hybridized carbons (Fsp3) is 0.611. The number of hydrogen-bond donors (Lipinski definition) is 0. The molecule has 0 bridgehead atoms. The van der Waals surface area contributed by atoms with Crippen LogP contribution in [0.15, 0.2) is 28.9 Å². The van der Waals surface area contributed by atoms with Gasteiger partial charge in [0.2, 0.25) is 5.92 Å². The lowest BCUT2D eigenvalue weighted by Gasteiger charge is -2.40. The summed E-state index contributed by atoms with van der Waals surface area (Å²) in [6.45, 7) is 1.97. The summed E-state index contributed by atoms with van der Waals surface area (Å²) in [6.07, 6.45) is 5.38. The Balaban J connectivity index is 1.41. The molecule has 0 unspecified atom stereocenters. The van der Waals surface area contributed by atoms with Gasteiger partial charge in [-0.1, -0.05) is 15.9 Å². The van der Waals surface area contributed by atoms with Gasteiger partial charge in [-0.15, -0.1) is 0 Å². The molecule has 1 aromatic carbocycles. The van der Waals surface area contributed by atoms with Crippen molar-refractivity contribution in [1.29, 1.82) is 0 Å². The second kappa shape index (κ2) is 6.37. The Morgan fingerprint density at radius 1 is 1.04 bits per heavy atom. The number of fused-ring (bicyclic) bond motifs is 1. The zero-order valence-corrected chi connectivity index (χ0v) is 15.2. The number of hydrogen-bond acceptors (Lipinski definition) is 2. The first-order valence-corrected chi connectivity index (χ1v) is 9.56. The van der Waals surface area contributed by atoms with E-state index >= 15 is 0 Å². The maximum Gasteiger partial charge on any atom is 0.248 e. The van der Waals surface area contributed by atoms with Gasteiger partial charge in [-0.05, 0) is 43.9 Å². The van der Waals surface area contributed by atoms with E-state index in [1.807, 2.05) is 6.20 Å². The third kappa shape index (κ3) is 3.23. The summed E-state index contributed by atoms with van der Waals surface area (Å²) < 4.78 is 29.9. The number of nitrogens with zero attached hydrogens (tertiary/aromatic N) is 3. The third-order valence-corrected chi connectivity index (χ3v) is 6.10. The van der Waals surface area contributed by atoms with Crippen molar-refractivity contribution in [2.24, 2.45) is 0 Å². The van der Waals surface area contributed by atoms with Crippen LogP contribution in [0.25, 0.3) is 10.9 Å². The highest BCUT2D eigenvalue weighted by atomic mass is 79.9. The van der Waals surface area contributed by atoms with Crippen molar-refractivity contribution >= 4 is 26.8 Å². The predicted octanol–water partition coefficient (Wildman–Crippen LogP) is 5.01. The van der Waals surface area contributed by atoms with Crippen LogP contribution in [0.2, 0.25) is 0 Å². The van der Waals surface area contributed by atoms with Crippen molar-refractivity contribution in [2.45, 2.75) is 56.5 Å². The average Bonchev–Trinajstić information content (AvgIpc) is 2.98. The minimum atomic E-state index is -2.43. The van der Waals surface area contributed by atoms with Gasteiger partial charge in [0.25, 0.3) is 0 Å². The summed E-state index contributed by atoms with van der Waals surface area (Å²) >= 11 is 3.50. The molecule has 1 aliphatic heterocycles. The molecule has 0 N–H and O–H groups in total. The van der Waals surface area contributed by atoms with Gasteiger partial charge < -0.3 is 4.90 Å². The molecule has 0 atom stereocenters. The first kappa shape index (κ1) is 16.5. The number of rotatable bonds is 2.